The molecule has 3 rings (SSSR count). The van der Waals surface area contributed by atoms with Crippen molar-refractivity contribution in [3.63, 3.8) is 0 Å². The lowest BCUT2D eigenvalue weighted by Gasteiger charge is -2.29. The fourth-order valence-corrected chi connectivity index (χ4v) is 3.28. The van der Waals surface area contributed by atoms with Crippen molar-refractivity contribution >= 4 is 33.5 Å². The van der Waals surface area contributed by atoms with Crippen LogP contribution in [0.1, 0.15) is 24.2 Å². The minimum atomic E-state index is -0.320. The van der Waals surface area contributed by atoms with Crippen molar-refractivity contribution in [1.82, 2.24) is 5.32 Å². The van der Waals surface area contributed by atoms with Crippen LogP contribution in [0.3, 0.4) is 0 Å². The van der Waals surface area contributed by atoms with Crippen molar-refractivity contribution in [2.24, 2.45) is 16.8 Å². The number of halogens is 1. The Bertz CT molecular complexity index is 832. The van der Waals surface area contributed by atoms with Crippen LogP contribution in [0, 0.1) is 11.8 Å². The van der Waals surface area contributed by atoms with E-state index < -0.39 is 0 Å². The van der Waals surface area contributed by atoms with Crippen LogP contribution in [-0.4, -0.2) is 17.5 Å². The summed E-state index contributed by atoms with van der Waals surface area (Å²) in [5.74, 6) is -0.137. The monoisotopic (exact) mass is 384 g/mol. The Labute approximate surface area is 149 Å². The molecule has 0 spiro atoms. The normalized spacial score (nSPS) is 21.2. The summed E-state index contributed by atoms with van der Waals surface area (Å²) in [7, 11) is 0. The van der Waals surface area contributed by atoms with Crippen LogP contribution in [0.15, 0.2) is 69.3 Å². The summed E-state index contributed by atoms with van der Waals surface area (Å²) in [4.78, 5) is 28.4. The third-order valence-corrected chi connectivity index (χ3v) is 4.72. The van der Waals surface area contributed by atoms with Gasteiger partial charge < -0.3 is 5.32 Å². The molecule has 0 saturated heterocycles. The molecule has 122 valence electrons. The fraction of sp³-hybridized carbons (Fsp3) is 0.211. The maximum Gasteiger partial charge on any atom is 0.278 e. The zero-order valence-corrected chi connectivity index (χ0v) is 15.0. The SMILES string of the molecule is CC(C)C1=CC(=O)NC2=CC(=NC(=O)c3ccccc3Br)C=CC21. The molecule has 2 aliphatic rings. The second kappa shape index (κ2) is 6.69. The zero-order chi connectivity index (χ0) is 17.3. The van der Waals surface area contributed by atoms with Gasteiger partial charge in [-0.05, 0) is 51.7 Å². The van der Waals surface area contributed by atoms with Crippen LogP contribution in [0.5, 0.6) is 0 Å². The number of amides is 2. The van der Waals surface area contributed by atoms with E-state index in [0.29, 0.717) is 15.7 Å². The second-order valence-electron chi connectivity index (χ2n) is 6.05. The van der Waals surface area contributed by atoms with Crippen LogP contribution in [0.4, 0.5) is 0 Å². The van der Waals surface area contributed by atoms with E-state index in [9.17, 15) is 9.59 Å². The summed E-state index contributed by atoms with van der Waals surface area (Å²) in [6.07, 6.45) is 7.24. The van der Waals surface area contributed by atoms with E-state index in [1.54, 1.807) is 30.4 Å². The Morgan fingerprint density at radius 2 is 2.00 bits per heavy atom. The number of carbonyl (C=O) groups excluding carboxylic acids is 2. The number of rotatable bonds is 2. The maximum absolute atomic E-state index is 12.4. The zero-order valence-electron chi connectivity index (χ0n) is 13.4. The van der Waals surface area contributed by atoms with Crippen LogP contribution in [0.25, 0.3) is 0 Å². The molecule has 4 nitrogen and oxygen atoms in total. The number of aliphatic imine (C=N–C) groups is 1. The summed E-state index contributed by atoms with van der Waals surface area (Å²) in [6.45, 7) is 4.13. The quantitative estimate of drug-likeness (QED) is 0.842. The van der Waals surface area contributed by atoms with Gasteiger partial charge in [0, 0.05) is 22.2 Å². The summed E-state index contributed by atoms with van der Waals surface area (Å²) in [5, 5.41) is 2.85. The van der Waals surface area contributed by atoms with E-state index in [1.807, 2.05) is 18.2 Å². The Balaban J connectivity index is 1.90. The van der Waals surface area contributed by atoms with E-state index in [4.69, 9.17) is 0 Å². The first kappa shape index (κ1) is 16.6. The molecular weight excluding hydrogens is 368 g/mol. The van der Waals surface area contributed by atoms with Gasteiger partial charge in [-0.3, -0.25) is 9.59 Å². The van der Waals surface area contributed by atoms with E-state index in [-0.39, 0.29) is 23.7 Å². The molecule has 1 aliphatic heterocycles. The Morgan fingerprint density at radius 1 is 1.25 bits per heavy atom. The Morgan fingerprint density at radius 3 is 2.71 bits per heavy atom. The molecular formula is C19H17BrN2O2. The number of hydrogen-bond donors (Lipinski definition) is 1. The van der Waals surface area contributed by atoms with Gasteiger partial charge in [-0.15, -0.1) is 0 Å². The van der Waals surface area contributed by atoms with Crippen molar-refractivity contribution in [3.05, 3.63) is 69.9 Å². The largest absolute Gasteiger partial charge is 0.325 e. The van der Waals surface area contributed by atoms with Crippen molar-refractivity contribution in [3.8, 4) is 0 Å². The average Bonchev–Trinajstić information content (AvgIpc) is 2.54. The lowest BCUT2D eigenvalue weighted by molar-refractivity contribution is -0.116. The molecule has 1 aromatic carbocycles. The number of benzene rings is 1. The molecule has 1 aromatic rings. The van der Waals surface area contributed by atoms with Gasteiger partial charge in [0.1, 0.15) is 0 Å². The molecule has 0 fully saturated rings. The summed E-state index contributed by atoms with van der Waals surface area (Å²) < 4.78 is 0.709. The van der Waals surface area contributed by atoms with E-state index in [2.05, 4.69) is 40.1 Å². The number of allylic oxidation sites excluding steroid dienone is 3. The average molecular weight is 385 g/mol. The van der Waals surface area contributed by atoms with Crippen LogP contribution in [0.2, 0.25) is 0 Å². The van der Waals surface area contributed by atoms with Crippen LogP contribution >= 0.6 is 15.9 Å². The molecule has 5 heteroatoms. The van der Waals surface area contributed by atoms with Gasteiger partial charge in [0.2, 0.25) is 5.91 Å². The second-order valence-corrected chi connectivity index (χ2v) is 6.90. The van der Waals surface area contributed by atoms with E-state index in [1.165, 1.54) is 0 Å². The number of fused-ring (bicyclic) bond motifs is 1. The van der Waals surface area contributed by atoms with Crippen LogP contribution < -0.4 is 5.32 Å². The summed E-state index contributed by atoms with van der Waals surface area (Å²) in [6, 6.07) is 7.17. The van der Waals surface area contributed by atoms with Crippen molar-refractivity contribution in [1.29, 1.82) is 0 Å². The van der Waals surface area contributed by atoms with Crippen molar-refractivity contribution in [2.45, 2.75) is 13.8 Å². The smallest absolute Gasteiger partial charge is 0.278 e. The lowest BCUT2D eigenvalue weighted by atomic mass is 9.82. The third-order valence-electron chi connectivity index (χ3n) is 4.02. The maximum atomic E-state index is 12.4. The van der Waals surface area contributed by atoms with Gasteiger partial charge in [-0.25, -0.2) is 4.99 Å². The molecule has 24 heavy (non-hydrogen) atoms. The topological polar surface area (TPSA) is 58.5 Å². The first-order valence-electron chi connectivity index (χ1n) is 7.75. The molecule has 1 unspecified atom stereocenters. The summed E-state index contributed by atoms with van der Waals surface area (Å²) in [5.41, 5.74) is 2.88. The standard InChI is InChI=1S/C19H17BrN2O2/c1-11(2)15-10-18(23)22-17-9-12(7-8-13(15)17)21-19(24)14-5-3-4-6-16(14)20/h3-11,13H,1-2H3,(H,22,23). The van der Waals surface area contributed by atoms with Crippen LogP contribution in [-0.2, 0) is 4.79 Å². The lowest BCUT2D eigenvalue weighted by Crippen LogP contribution is -2.34. The van der Waals surface area contributed by atoms with Gasteiger partial charge in [0.05, 0.1) is 11.3 Å². The molecule has 1 heterocycles. The van der Waals surface area contributed by atoms with E-state index in [0.717, 1.165) is 11.3 Å². The molecule has 1 atom stereocenters. The van der Waals surface area contributed by atoms with Gasteiger partial charge in [0.25, 0.3) is 5.91 Å². The van der Waals surface area contributed by atoms with Gasteiger partial charge in [-0.1, -0.05) is 32.1 Å². The third kappa shape index (κ3) is 3.31. The van der Waals surface area contributed by atoms with E-state index >= 15 is 0 Å². The molecule has 1 aliphatic carbocycles. The van der Waals surface area contributed by atoms with Gasteiger partial charge in [-0.2, -0.15) is 0 Å². The number of nitrogens with zero attached hydrogens (tertiary/aromatic N) is 1. The Kier molecular flexibility index (Phi) is 4.62. The van der Waals surface area contributed by atoms with Crippen molar-refractivity contribution in [2.75, 3.05) is 0 Å². The molecule has 1 N–H and O–H groups in total. The molecule has 0 saturated carbocycles. The Hall–Kier alpha value is -2.27. The highest BCUT2D eigenvalue weighted by Gasteiger charge is 2.27. The molecule has 0 radical (unpaired) electrons. The first-order valence-corrected chi connectivity index (χ1v) is 8.55. The first-order chi connectivity index (χ1) is 11.5. The fourth-order valence-electron chi connectivity index (χ4n) is 2.83. The molecule has 0 bridgehead atoms. The predicted octanol–water partition coefficient (Wildman–Crippen LogP) is 3.81. The minimum Gasteiger partial charge on any atom is -0.325 e. The number of nitrogens with one attached hydrogen (secondary N) is 1. The van der Waals surface area contributed by atoms with Crippen molar-refractivity contribution < 1.29 is 9.59 Å². The highest BCUT2D eigenvalue weighted by molar-refractivity contribution is 9.10. The van der Waals surface area contributed by atoms with Gasteiger partial charge >= 0.3 is 0 Å². The summed E-state index contributed by atoms with van der Waals surface area (Å²) >= 11 is 3.36. The van der Waals surface area contributed by atoms with Gasteiger partial charge in [0.15, 0.2) is 0 Å². The number of carbonyl (C=O) groups is 2. The minimum absolute atomic E-state index is 0.0419. The highest BCUT2D eigenvalue weighted by Crippen LogP contribution is 2.31. The molecule has 2 amide bonds. The highest BCUT2D eigenvalue weighted by atomic mass is 79.9. The number of hydrogen-bond acceptors (Lipinski definition) is 2. The predicted molar refractivity (Wildman–Crippen MR) is 97.7 cm³/mol. The molecule has 0 aromatic heterocycles.